The number of nitrogens with zero attached hydrogens (tertiary/aromatic N) is 4. The van der Waals surface area contributed by atoms with Crippen molar-refractivity contribution >= 4 is 35.2 Å². The summed E-state index contributed by atoms with van der Waals surface area (Å²) < 4.78 is 3.25. The topological polar surface area (TPSA) is 63.6 Å². The van der Waals surface area contributed by atoms with E-state index in [0.717, 1.165) is 33.2 Å². The Hall–Kier alpha value is -3.33. The van der Waals surface area contributed by atoms with Crippen LogP contribution in [0, 0.1) is 11.3 Å². The van der Waals surface area contributed by atoms with Crippen molar-refractivity contribution in [1.82, 2.24) is 14.1 Å². The van der Waals surface area contributed by atoms with E-state index >= 15 is 0 Å². The molecule has 130 valence electrons. The van der Waals surface area contributed by atoms with E-state index in [-0.39, 0.29) is 5.69 Å². The van der Waals surface area contributed by atoms with Gasteiger partial charge < -0.3 is 0 Å². The summed E-state index contributed by atoms with van der Waals surface area (Å²) in [7, 11) is 7.71. The van der Waals surface area contributed by atoms with Crippen LogP contribution >= 0.6 is 0 Å². The molecule has 5 nitrogen and oxygen atoms in total. The number of imidazole rings is 1. The summed E-state index contributed by atoms with van der Waals surface area (Å²) >= 11 is 0. The fourth-order valence-electron chi connectivity index (χ4n) is 3.35. The molecule has 0 amide bonds. The fraction of sp³-hybridized carbons (Fsp3) is 0.190. The van der Waals surface area contributed by atoms with Crippen LogP contribution in [0.4, 0.5) is 0 Å². The lowest BCUT2D eigenvalue weighted by Gasteiger charge is -2.16. The van der Waals surface area contributed by atoms with E-state index in [1.54, 1.807) is 28.4 Å². The molecule has 0 aliphatic rings. The third-order valence-electron chi connectivity index (χ3n) is 5.03. The number of rotatable bonds is 2. The summed E-state index contributed by atoms with van der Waals surface area (Å²) in [6, 6.07) is 15.3. The van der Waals surface area contributed by atoms with Crippen LogP contribution in [0.25, 0.3) is 27.6 Å². The molecule has 0 bridgehead atoms. The molecule has 0 spiro atoms. The monoisotopic (exact) mass is 352 g/mol. The molecule has 0 fully saturated rings. The predicted molar refractivity (Wildman–Crippen MR) is 108 cm³/mol. The first kappa shape index (κ1) is 17.1. The van der Waals surface area contributed by atoms with E-state index in [9.17, 15) is 10.1 Å². The molecular weight excluding hydrogens is 335 g/mol. The first-order valence-electron chi connectivity index (χ1n) is 8.61. The largest absolute Gasteiger partial charge is 0.333 e. The van der Waals surface area contributed by atoms with Gasteiger partial charge in [0, 0.05) is 12.4 Å². The highest BCUT2D eigenvalue weighted by molar-refractivity contribution is 6.33. The van der Waals surface area contributed by atoms with Gasteiger partial charge in [-0.25, -0.2) is 4.79 Å². The standard InChI is InChI=1S/C21H17BN4O/c1-21(2,12-23)13-4-7-15(8-5-13)26-19-16-10-14(22)6-9-17(16)24-11-18(19)25(3)20(26)27/h4-11H,1-3H3. The van der Waals surface area contributed by atoms with E-state index in [1.165, 1.54) is 0 Å². The van der Waals surface area contributed by atoms with Crippen LogP contribution < -0.4 is 11.2 Å². The number of fused-ring (bicyclic) bond motifs is 3. The van der Waals surface area contributed by atoms with Crippen molar-refractivity contribution in [2.45, 2.75) is 19.3 Å². The minimum atomic E-state index is -0.590. The van der Waals surface area contributed by atoms with Crippen molar-refractivity contribution in [1.29, 1.82) is 5.26 Å². The molecule has 2 radical (unpaired) electrons. The number of hydrogen-bond donors (Lipinski definition) is 0. The summed E-state index contributed by atoms with van der Waals surface area (Å²) in [5, 5.41) is 10.2. The van der Waals surface area contributed by atoms with Crippen molar-refractivity contribution in [3.63, 3.8) is 0 Å². The van der Waals surface area contributed by atoms with E-state index in [4.69, 9.17) is 7.85 Å². The smallest absolute Gasteiger partial charge is 0.293 e. The van der Waals surface area contributed by atoms with Crippen LogP contribution in [-0.4, -0.2) is 22.0 Å². The molecule has 0 saturated heterocycles. The minimum absolute atomic E-state index is 0.158. The second-order valence-corrected chi connectivity index (χ2v) is 7.23. The van der Waals surface area contributed by atoms with Crippen LogP contribution in [0.5, 0.6) is 0 Å². The van der Waals surface area contributed by atoms with Crippen LogP contribution in [0.1, 0.15) is 19.4 Å². The van der Waals surface area contributed by atoms with Crippen LogP contribution in [0.15, 0.2) is 53.5 Å². The number of nitriles is 1. The highest BCUT2D eigenvalue weighted by Gasteiger charge is 2.20. The summed E-state index contributed by atoms with van der Waals surface area (Å²) in [4.78, 5) is 17.4. The van der Waals surface area contributed by atoms with Gasteiger partial charge in [0.25, 0.3) is 0 Å². The highest BCUT2D eigenvalue weighted by atomic mass is 16.1. The zero-order valence-corrected chi connectivity index (χ0v) is 15.4. The first-order valence-corrected chi connectivity index (χ1v) is 8.61. The fourth-order valence-corrected chi connectivity index (χ4v) is 3.35. The Morgan fingerprint density at radius 2 is 1.85 bits per heavy atom. The van der Waals surface area contributed by atoms with Crippen LogP contribution in [0.3, 0.4) is 0 Å². The van der Waals surface area contributed by atoms with Gasteiger partial charge in [0.15, 0.2) is 0 Å². The van der Waals surface area contributed by atoms with Gasteiger partial charge in [-0.05, 0) is 37.6 Å². The number of pyridine rings is 1. The Labute approximate surface area is 157 Å². The van der Waals surface area contributed by atoms with Gasteiger partial charge in [0.2, 0.25) is 0 Å². The van der Waals surface area contributed by atoms with Crippen molar-refractivity contribution in [2.24, 2.45) is 7.05 Å². The molecule has 2 aromatic carbocycles. The average molecular weight is 352 g/mol. The molecule has 27 heavy (non-hydrogen) atoms. The summed E-state index contributed by atoms with van der Waals surface area (Å²) in [5.74, 6) is 0. The first-order chi connectivity index (χ1) is 12.8. The lowest BCUT2D eigenvalue weighted by Crippen LogP contribution is -2.21. The van der Waals surface area contributed by atoms with Crippen LogP contribution in [-0.2, 0) is 12.5 Å². The van der Waals surface area contributed by atoms with Gasteiger partial charge in [0.1, 0.15) is 7.85 Å². The van der Waals surface area contributed by atoms with E-state index < -0.39 is 5.41 Å². The second-order valence-electron chi connectivity index (χ2n) is 7.23. The molecule has 2 heterocycles. The molecule has 0 atom stereocenters. The number of benzene rings is 2. The van der Waals surface area contributed by atoms with Crippen molar-refractivity contribution in [3.05, 3.63) is 64.7 Å². The van der Waals surface area contributed by atoms with E-state index in [2.05, 4.69) is 11.1 Å². The van der Waals surface area contributed by atoms with Crippen molar-refractivity contribution in [2.75, 3.05) is 0 Å². The maximum Gasteiger partial charge on any atom is 0.333 e. The summed E-state index contributed by atoms with van der Waals surface area (Å²) in [5.41, 5.74) is 3.79. The van der Waals surface area contributed by atoms with Gasteiger partial charge in [-0.2, -0.15) is 5.26 Å². The molecule has 0 saturated carbocycles. The number of aryl methyl sites for hydroxylation is 1. The zero-order chi connectivity index (χ0) is 19.3. The average Bonchev–Trinajstić information content (AvgIpc) is 2.93. The van der Waals surface area contributed by atoms with Gasteiger partial charge >= 0.3 is 5.69 Å². The SMILES string of the molecule is [B]c1ccc2ncc3c(c2c1)n(-c1ccc(C(C)(C)C#N)cc1)c(=O)n3C. The summed E-state index contributed by atoms with van der Waals surface area (Å²) in [6.45, 7) is 3.74. The molecule has 2 aromatic heterocycles. The molecule has 0 unspecified atom stereocenters. The zero-order valence-electron chi connectivity index (χ0n) is 15.4. The Morgan fingerprint density at radius 3 is 2.52 bits per heavy atom. The Morgan fingerprint density at radius 1 is 1.15 bits per heavy atom. The lowest BCUT2D eigenvalue weighted by molar-refractivity contribution is 0.686. The molecule has 0 aliphatic carbocycles. The van der Waals surface area contributed by atoms with E-state index in [1.807, 2.05) is 50.2 Å². The normalized spacial score (nSPS) is 11.8. The third-order valence-corrected chi connectivity index (χ3v) is 5.03. The molecule has 0 N–H and O–H groups in total. The van der Waals surface area contributed by atoms with Crippen molar-refractivity contribution < 1.29 is 0 Å². The summed E-state index contributed by atoms with van der Waals surface area (Å²) in [6.07, 6.45) is 1.71. The molecule has 4 aromatic rings. The Kier molecular flexibility index (Phi) is 3.71. The van der Waals surface area contributed by atoms with Gasteiger partial charge in [0.05, 0.1) is 39.9 Å². The maximum atomic E-state index is 13.0. The predicted octanol–water partition coefficient (Wildman–Crippen LogP) is 2.47. The number of aromatic nitrogens is 3. The van der Waals surface area contributed by atoms with Crippen LogP contribution in [0.2, 0.25) is 0 Å². The molecule has 4 rings (SSSR count). The van der Waals surface area contributed by atoms with E-state index in [0.29, 0.717) is 5.46 Å². The third kappa shape index (κ3) is 2.55. The number of hydrogen-bond acceptors (Lipinski definition) is 3. The quantitative estimate of drug-likeness (QED) is 0.521. The highest BCUT2D eigenvalue weighted by Crippen LogP contribution is 2.27. The molecular formula is C21H17BN4O. The lowest BCUT2D eigenvalue weighted by atomic mass is 9.86. The second kappa shape index (κ2) is 5.85. The maximum absolute atomic E-state index is 13.0. The van der Waals surface area contributed by atoms with Crippen molar-refractivity contribution in [3.8, 4) is 11.8 Å². The van der Waals surface area contributed by atoms with Gasteiger partial charge in [-0.3, -0.25) is 14.1 Å². The molecule has 6 heteroatoms. The molecule has 0 aliphatic heterocycles. The van der Waals surface area contributed by atoms with Gasteiger partial charge in [-0.15, -0.1) is 0 Å². The minimum Gasteiger partial charge on any atom is -0.293 e. The van der Waals surface area contributed by atoms with Gasteiger partial charge in [-0.1, -0.05) is 29.7 Å². The Balaban J connectivity index is 2.05. The Bertz CT molecular complexity index is 1290.